The van der Waals surface area contributed by atoms with Crippen molar-refractivity contribution < 1.29 is 19.4 Å². The number of amides is 2. The van der Waals surface area contributed by atoms with Crippen molar-refractivity contribution in [3.8, 4) is 0 Å². The summed E-state index contributed by atoms with van der Waals surface area (Å²) in [6.07, 6.45) is -0.720. The molecule has 2 atom stereocenters. The molecule has 0 aromatic rings. The molecule has 6 nitrogen and oxygen atoms in total. The van der Waals surface area contributed by atoms with E-state index in [1.54, 1.807) is 20.8 Å². The fourth-order valence-electron chi connectivity index (χ4n) is 1.82. The first-order chi connectivity index (χ1) is 8.73. The second-order valence-corrected chi connectivity index (χ2v) is 5.86. The highest BCUT2D eigenvalue weighted by Gasteiger charge is 2.33. The maximum absolute atomic E-state index is 11.9. The van der Waals surface area contributed by atoms with Gasteiger partial charge in [-0.25, -0.2) is 4.79 Å². The van der Waals surface area contributed by atoms with Crippen molar-refractivity contribution in [3.63, 3.8) is 0 Å². The molecule has 1 heterocycles. The zero-order chi connectivity index (χ0) is 14.6. The van der Waals surface area contributed by atoms with Gasteiger partial charge >= 0.3 is 6.09 Å². The van der Waals surface area contributed by atoms with Crippen molar-refractivity contribution in [2.24, 2.45) is 0 Å². The number of hydrogen-bond acceptors (Lipinski definition) is 4. The van der Waals surface area contributed by atoms with Crippen molar-refractivity contribution in [1.29, 1.82) is 0 Å². The van der Waals surface area contributed by atoms with Crippen LogP contribution in [-0.2, 0) is 9.53 Å². The molecule has 0 bridgehead atoms. The van der Waals surface area contributed by atoms with E-state index >= 15 is 0 Å². The van der Waals surface area contributed by atoms with Crippen molar-refractivity contribution >= 4 is 23.6 Å². The highest BCUT2D eigenvalue weighted by Crippen LogP contribution is 2.16. The molecule has 2 amide bonds. The van der Waals surface area contributed by atoms with E-state index in [9.17, 15) is 14.7 Å². The van der Waals surface area contributed by atoms with Gasteiger partial charge in [-0.2, -0.15) is 0 Å². The molecular weight excluding hydrogens is 272 g/mol. The Kier molecular flexibility index (Phi) is 5.43. The van der Waals surface area contributed by atoms with Crippen molar-refractivity contribution in [2.45, 2.75) is 44.9 Å². The van der Waals surface area contributed by atoms with Crippen LogP contribution in [0.1, 0.15) is 27.2 Å². The molecule has 110 valence electrons. The zero-order valence-electron chi connectivity index (χ0n) is 11.5. The summed E-state index contributed by atoms with van der Waals surface area (Å²) < 4.78 is 5.26. The summed E-state index contributed by atoms with van der Waals surface area (Å²) in [5, 5.41) is 12.4. The number of alkyl halides is 1. The topological polar surface area (TPSA) is 78.9 Å². The zero-order valence-corrected chi connectivity index (χ0v) is 12.2. The van der Waals surface area contributed by atoms with Gasteiger partial charge in [0.05, 0.1) is 12.1 Å². The van der Waals surface area contributed by atoms with Crippen LogP contribution in [0, 0.1) is 0 Å². The SMILES string of the molecule is CC(C)(C)OC(=O)N1CC[C@H](O)[C@@H](NC(=O)CCl)C1. The lowest BCUT2D eigenvalue weighted by atomic mass is 10.0. The number of rotatable bonds is 2. The summed E-state index contributed by atoms with van der Waals surface area (Å²) in [4.78, 5) is 24.6. The molecular formula is C12H21ClN2O4. The quantitative estimate of drug-likeness (QED) is 0.735. The molecule has 0 aromatic carbocycles. The lowest BCUT2D eigenvalue weighted by Crippen LogP contribution is -2.57. The standard InChI is InChI=1S/C12H21ClN2O4/c1-12(2,3)19-11(18)15-5-4-9(16)8(7-15)14-10(17)6-13/h8-9,16H,4-7H2,1-3H3,(H,14,17)/t8-,9-/m0/s1. The summed E-state index contributed by atoms with van der Waals surface area (Å²) in [5.74, 6) is -0.535. The first kappa shape index (κ1) is 16.0. The van der Waals surface area contributed by atoms with E-state index < -0.39 is 23.8 Å². The number of aliphatic hydroxyl groups is 1. The number of ether oxygens (including phenoxy) is 1. The van der Waals surface area contributed by atoms with Gasteiger partial charge in [-0.3, -0.25) is 4.79 Å². The fourth-order valence-corrected chi connectivity index (χ4v) is 1.90. The molecule has 1 fully saturated rings. The minimum Gasteiger partial charge on any atom is -0.444 e. The second kappa shape index (κ2) is 6.43. The molecule has 0 radical (unpaired) electrons. The molecule has 1 aliphatic rings. The van der Waals surface area contributed by atoms with E-state index in [0.29, 0.717) is 13.0 Å². The Morgan fingerprint density at radius 3 is 2.63 bits per heavy atom. The van der Waals surface area contributed by atoms with Crippen molar-refractivity contribution in [1.82, 2.24) is 10.2 Å². The number of nitrogens with zero attached hydrogens (tertiary/aromatic N) is 1. The monoisotopic (exact) mass is 292 g/mol. The van der Waals surface area contributed by atoms with Gasteiger partial charge in [0.1, 0.15) is 11.5 Å². The highest BCUT2D eigenvalue weighted by molar-refractivity contribution is 6.27. The van der Waals surface area contributed by atoms with Gasteiger partial charge in [0.25, 0.3) is 0 Å². The molecule has 0 aliphatic carbocycles. The normalized spacial score (nSPS) is 23.9. The van der Waals surface area contributed by atoms with Crippen LogP contribution < -0.4 is 5.32 Å². The number of likely N-dealkylation sites (tertiary alicyclic amines) is 1. The minimum absolute atomic E-state index is 0.171. The summed E-state index contributed by atoms with van der Waals surface area (Å²) in [5.41, 5.74) is -0.567. The predicted molar refractivity (Wildman–Crippen MR) is 71.1 cm³/mol. The van der Waals surface area contributed by atoms with Crippen LogP contribution in [0.25, 0.3) is 0 Å². The van der Waals surface area contributed by atoms with Gasteiger partial charge < -0.3 is 20.1 Å². The molecule has 2 N–H and O–H groups in total. The molecule has 19 heavy (non-hydrogen) atoms. The van der Waals surface area contributed by atoms with E-state index in [-0.39, 0.29) is 18.3 Å². The number of hydrogen-bond donors (Lipinski definition) is 2. The Morgan fingerprint density at radius 2 is 2.11 bits per heavy atom. The molecule has 1 saturated heterocycles. The summed E-state index contributed by atoms with van der Waals surface area (Å²) in [6.45, 7) is 5.99. The maximum Gasteiger partial charge on any atom is 0.410 e. The first-order valence-electron chi connectivity index (χ1n) is 6.24. The molecule has 0 unspecified atom stereocenters. The second-order valence-electron chi connectivity index (χ2n) is 5.59. The highest BCUT2D eigenvalue weighted by atomic mass is 35.5. The number of halogens is 1. The van der Waals surface area contributed by atoms with Crippen LogP contribution in [0.2, 0.25) is 0 Å². The molecule has 1 rings (SSSR count). The Balaban J connectivity index is 2.58. The summed E-state index contributed by atoms with van der Waals surface area (Å²) in [7, 11) is 0. The average Bonchev–Trinajstić information content (AvgIpc) is 2.29. The number of aliphatic hydroxyl groups excluding tert-OH is 1. The number of carbonyl (C=O) groups is 2. The Labute approximate surface area is 118 Å². The third-order valence-electron chi connectivity index (χ3n) is 2.70. The smallest absolute Gasteiger partial charge is 0.410 e. The van der Waals surface area contributed by atoms with Gasteiger partial charge in [-0.1, -0.05) is 0 Å². The van der Waals surface area contributed by atoms with Crippen LogP contribution in [0.4, 0.5) is 4.79 Å². The largest absolute Gasteiger partial charge is 0.444 e. The van der Waals surface area contributed by atoms with Crippen LogP contribution in [0.5, 0.6) is 0 Å². The number of nitrogens with one attached hydrogen (secondary N) is 1. The van der Waals surface area contributed by atoms with Gasteiger partial charge in [0.15, 0.2) is 0 Å². The van der Waals surface area contributed by atoms with Crippen LogP contribution in [-0.4, -0.2) is 58.7 Å². The Bertz CT molecular complexity index is 343. The molecule has 0 aromatic heterocycles. The van der Waals surface area contributed by atoms with Crippen LogP contribution in [0.15, 0.2) is 0 Å². The van der Waals surface area contributed by atoms with E-state index in [4.69, 9.17) is 16.3 Å². The van der Waals surface area contributed by atoms with Gasteiger partial charge in [0, 0.05) is 13.1 Å². The fraction of sp³-hybridized carbons (Fsp3) is 0.833. The van der Waals surface area contributed by atoms with E-state index in [0.717, 1.165) is 0 Å². The number of piperidine rings is 1. The minimum atomic E-state index is -0.675. The van der Waals surface area contributed by atoms with Crippen LogP contribution in [0.3, 0.4) is 0 Å². The average molecular weight is 293 g/mol. The molecule has 0 saturated carbocycles. The Morgan fingerprint density at radius 1 is 1.47 bits per heavy atom. The third-order valence-corrected chi connectivity index (χ3v) is 2.94. The van der Waals surface area contributed by atoms with E-state index in [1.807, 2.05) is 0 Å². The lowest BCUT2D eigenvalue weighted by molar-refractivity contribution is -0.121. The van der Waals surface area contributed by atoms with Crippen molar-refractivity contribution in [2.75, 3.05) is 19.0 Å². The van der Waals surface area contributed by atoms with Crippen LogP contribution >= 0.6 is 11.6 Å². The molecule has 0 spiro atoms. The third kappa shape index (κ3) is 5.24. The lowest BCUT2D eigenvalue weighted by Gasteiger charge is -2.37. The Hall–Kier alpha value is -1.01. The van der Waals surface area contributed by atoms with E-state index in [1.165, 1.54) is 4.90 Å². The predicted octanol–water partition coefficient (Wildman–Crippen LogP) is 0.712. The molecule has 1 aliphatic heterocycles. The summed E-state index contributed by atoms with van der Waals surface area (Å²) in [6, 6.07) is -0.507. The molecule has 7 heteroatoms. The number of carbonyl (C=O) groups excluding carboxylic acids is 2. The van der Waals surface area contributed by atoms with Crippen molar-refractivity contribution in [3.05, 3.63) is 0 Å². The van der Waals surface area contributed by atoms with Gasteiger partial charge in [0.2, 0.25) is 5.91 Å². The first-order valence-corrected chi connectivity index (χ1v) is 6.77. The van der Waals surface area contributed by atoms with Gasteiger partial charge in [-0.05, 0) is 27.2 Å². The van der Waals surface area contributed by atoms with E-state index in [2.05, 4.69) is 5.32 Å². The maximum atomic E-state index is 11.9. The van der Waals surface area contributed by atoms with Gasteiger partial charge in [-0.15, -0.1) is 11.6 Å². The summed E-state index contributed by atoms with van der Waals surface area (Å²) >= 11 is 5.41.